The lowest BCUT2D eigenvalue weighted by atomic mass is 9.63. The van der Waals surface area contributed by atoms with Crippen molar-refractivity contribution in [3.8, 4) is 5.75 Å². The van der Waals surface area contributed by atoms with Crippen LogP contribution in [-0.2, 0) is 0 Å². The first kappa shape index (κ1) is 16.4. The summed E-state index contributed by atoms with van der Waals surface area (Å²) in [4.78, 5) is 0. The van der Waals surface area contributed by atoms with E-state index >= 15 is 0 Å². The zero-order chi connectivity index (χ0) is 15.7. The van der Waals surface area contributed by atoms with Crippen molar-refractivity contribution >= 4 is 0 Å². The quantitative estimate of drug-likeness (QED) is 0.846. The Labute approximate surface area is 130 Å². The number of nitrogens with one attached hydrogen (secondary N) is 1. The van der Waals surface area contributed by atoms with Gasteiger partial charge in [0.25, 0.3) is 0 Å². The highest BCUT2D eigenvalue weighted by molar-refractivity contribution is 5.35. The number of hydrogen-bond donors (Lipinski definition) is 1. The van der Waals surface area contributed by atoms with E-state index in [1.165, 1.54) is 24.8 Å². The lowest BCUT2D eigenvalue weighted by Crippen LogP contribution is -2.44. The van der Waals surface area contributed by atoms with Gasteiger partial charge in [-0.2, -0.15) is 0 Å². The van der Waals surface area contributed by atoms with E-state index < -0.39 is 0 Å². The largest absolute Gasteiger partial charge is 0.496 e. The lowest BCUT2D eigenvalue weighted by molar-refractivity contribution is 0.0810. The summed E-state index contributed by atoms with van der Waals surface area (Å²) < 4.78 is 5.50. The summed E-state index contributed by atoms with van der Waals surface area (Å²) in [5.41, 5.74) is 2.08. The maximum atomic E-state index is 5.50. The molecule has 1 aliphatic rings. The normalized spacial score (nSPS) is 22.8. The fraction of sp³-hybridized carbons (Fsp3) is 0.684. The predicted octanol–water partition coefficient (Wildman–Crippen LogP) is 4.95. The Morgan fingerprint density at radius 1 is 1.10 bits per heavy atom. The number of methoxy groups -OCH3 is 1. The molecule has 1 aromatic carbocycles. The van der Waals surface area contributed by atoms with Gasteiger partial charge in [0.1, 0.15) is 5.75 Å². The van der Waals surface area contributed by atoms with Crippen LogP contribution in [0, 0.1) is 10.8 Å². The Kier molecular flexibility index (Phi) is 4.67. The van der Waals surface area contributed by atoms with E-state index in [0.717, 1.165) is 5.75 Å². The van der Waals surface area contributed by atoms with Gasteiger partial charge in [-0.3, -0.25) is 0 Å². The predicted molar refractivity (Wildman–Crippen MR) is 89.7 cm³/mol. The van der Waals surface area contributed by atoms with Crippen LogP contribution in [0.25, 0.3) is 0 Å². The van der Waals surface area contributed by atoms with Gasteiger partial charge in [0.2, 0.25) is 0 Å². The molecule has 21 heavy (non-hydrogen) atoms. The molecule has 2 nitrogen and oxygen atoms in total. The van der Waals surface area contributed by atoms with Gasteiger partial charge < -0.3 is 10.1 Å². The SMILES string of the molecule is COc1ccccc1C(C)NC1CC(C)(C)CC(C)(C)C1. The Balaban J connectivity index is 2.10. The third-order valence-electron chi connectivity index (χ3n) is 4.65. The Morgan fingerprint density at radius 2 is 1.67 bits per heavy atom. The van der Waals surface area contributed by atoms with Gasteiger partial charge in [0.15, 0.2) is 0 Å². The molecule has 1 atom stereocenters. The minimum absolute atomic E-state index is 0.316. The van der Waals surface area contributed by atoms with E-state index in [1.807, 2.05) is 12.1 Å². The topological polar surface area (TPSA) is 21.3 Å². The van der Waals surface area contributed by atoms with E-state index in [-0.39, 0.29) is 0 Å². The summed E-state index contributed by atoms with van der Waals surface area (Å²) in [7, 11) is 1.75. The summed E-state index contributed by atoms with van der Waals surface area (Å²) in [6, 6.07) is 9.21. The van der Waals surface area contributed by atoms with Crippen molar-refractivity contribution in [2.75, 3.05) is 7.11 Å². The summed E-state index contributed by atoms with van der Waals surface area (Å²) >= 11 is 0. The molecule has 1 saturated carbocycles. The van der Waals surface area contributed by atoms with Crippen LogP contribution in [0.2, 0.25) is 0 Å². The second kappa shape index (κ2) is 6.00. The molecular formula is C19H31NO. The van der Waals surface area contributed by atoms with Crippen LogP contribution in [0.5, 0.6) is 5.75 Å². The molecule has 2 heteroatoms. The van der Waals surface area contributed by atoms with Crippen LogP contribution in [0.15, 0.2) is 24.3 Å². The van der Waals surface area contributed by atoms with Crippen molar-refractivity contribution in [1.82, 2.24) is 5.32 Å². The van der Waals surface area contributed by atoms with Crippen LogP contribution >= 0.6 is 0 Å². The van der Waals surface area contributed by atoms with Crippen molar-refractivity contribution in [2.45, 2.75) is 66.0 Å². The van der Waals surface area contributed by atoms with Crippen LogP contribution in [0.3, 0.4) is 0 Å². The van der Waals surface area contributed by atoms with E-state index in [1.54, 1.807) is 7.11 Å². The highest BCUT2D eigenvalue weighted by Crippen LogP contribution is 2.46. The second-order valence-electron chi connectivity index (χ2n) is 8.24. The van der Waals surface area contributed by atoms with Crippen molar-refractivity contribution < 1.29 is 4.74 Å². The van der Waals surface area contributed by atoms with Gasteiger partial charge in [-0.1, -0.05) is 45.9 Å². The first-order valence-corrected chi connectivity index (χ1v) is 8.11. The molecule has 118 valence electrons. The molecule has 1 aromatic rings. The molecule has 0 spiro atoms. The molecule has 0 aromatic heterocycles. The van der Waals surface area contributed by atoms with Gasteiger partial charge in [-0.25, -0.2) is 0 Å². The first-order valence-electron chi connectivity index (χ1n) is 8.11. The molecule has 0 aliphatic heterocycles. The van der Waals surface area contributed by atoms with Gasteiger partial charge in [-0.15, -0.1) is 0 Å². The molecule has 0 saturated heterocycles. The van der Waals surface area contributed by atoms with Crippen molar-refractivity contribution in [3.63, 3.8) is 0 Å². The van der Waals surface area contributed by atoms with E-state index in [2.05, 4.69) is 52.1 Å². The van der Waals surface area contributed by atoms with Crippen LogP contribution in [0.1, 0.15) is 65.5 Å². The van der Waals surface area contributed by atoms with Crippen molar-refractivity contribution in [1.29, 1.82) is 0 Å². The molecule has 1 N–H and O–H groups in total. The minimum atomic E-state index is 0.316. The Bertz CT molecular complexity index is 462. The number of rotatable bonds is 4. The fourth-order valence-electron chi connectivity index (χ4n) is 4.43. The molecule has 2 rings (SSSR count). The molecule has 0 heterocycles. The zero-order valence-electron chi connectivity index (χ0n) is 14.5. The standard InChI is InChI=1S/C19H31NO/c1-14(16-9-7-8-10-17(16)21-6)20-15-11-18(2,3)13-19(4,5)12-15/h7-10,14-15,20H,11-13H2,1-6H3. The third-order valence-corrected chi connectivity index (χ3v) is 4.65. The fourth-order valence-corrected chi connectivity index (χ4v) is 4.43. The monoisotopic (exact) mass is 289 g/mol. The molecule has 0 bridgehead atoms. The van der Waals surface area contributed by atoms with Gasteiger partial charge in [0, 0.05) is 17.6 Å². The van der Waals surface area contributed by atoms with Crippen molar-refractivity contribution in [3.05, 3.63) is 29.8 Å². The summed E-state index contributed by atoms with van der Waals surface area (Å²) in [6.45, 7) is 11.8. The zero-order valence-corrected chi connectivity index (χ0v) is 14.5. The smallest absolute Gasteiger partial charge is 0.123 e. The van der Waals surface area contributed by atoms with Gasteiger partial charge >= 0.3 is 0 Å². The maximum absolute atomic E-state index is 5.50. The average molecular weight is 289 g/mol. The van der Waals surface area contributed by atoms with E-state index in [0.29, 0.717) is 22.9 Å². The third kappa shape index (κ3) is 4.23. The number of ether oxygens (including phenoxy) is 1. The van der Waals surface area contributed by atoms with Gasteiger partial charge in [-0.05, 0) is 43.1 Å². The number of para-hydroxylation sites is 1. The van der Waals surface area contributed by atoms with Crippen molar-refractivity contribution in [2.24, 2.45) is 10.8 Å². The van der Waals surface area contributed by atoms with Gasteiger partial charge in [0.05, 0.1) is 7.11 Å². The van der Waals surface area contributed by atoms with E-state index in [9.17, 15) is 0 Å². The average Bonchev–Trinajstić information content (AvgIpc) is 2.34. The molecule has 0 radical (unpaired) electrons. The highest BCUT2D eigenvalue weighted by Gasteiger charge is 2.38. The minimum Gasteiger partial charge on any atom is -0.496 e. The lowest BCUT2D eigenvalue weighted by Gasteiger charge is -2.46. The summed E-state index contributed by atoms with van der Waals surface area (Å²) in [5, 5.41) is 3.84. The van der Waals surface area contributed by atoms with Crippen LogP contribution in [0.4, 0.5) is 0 Å². The Hall–Kier alpha value is -1.02. The highest BCUT2D eigenvalue weighted by atomic mass is 16.5. The molecule has 1 unspecified atom stereocenters. The molecule has 0 amide bonds. The Morgan fingerprint density at radius 3 is 2.24 bits per heavy atom. The summed E-state index contributed by atoms with van der Waals surface area (Å²) in [5.74, 6) is 0.979. The van der Waals surface area contributed by atoms with Crippen LogP contribution in [-0.4, -0.2) is 13.2 Å². The molecule has 1 fully saturated rings. The molecule has 1 aliphatic carbocycles. The first-order chi connectivity index (χ1) is 9.72. The number of benzene rings is 1. The van der Waals surface area contributed by atoms with Crippen LogP contribution < -0.4 is 10.1 Å². The number of hydrogen-bond acceptors (Lipinski definition) is 2. The maximum Gasteiger partial charge on any atom is 0.123 e. The molecular weight excluding hydrogens is 258 g/mol. The summed E-state index contributed by atoms with van der Waals surface area (Å²) in [6.07, 6.45) is 3.80. The van der Waals surface area contributed by atoms with E-state index in [4.69, 9.17) is 4.74 Å². The second-order valence-corrected chi connectivity index (χ2v) is 8.24.